The molecule has 0 heterocycles. The summed E-state index contributed by atoms with van der Waals surface area (Å²) in [4.78, 5) is 21.0. The molecule has 114 valence electrons. The van der Waals surface area contributed by atoms with Gasteiger partial charge in [0, 0.05) is 34.6 Å². The molecule has 4 N–H and O–H groups in total. The highest BCUT2D eigenvalue weighted by atomic mass is 16.6. The molecule has 0 atom stereocenters. The zero-order valence-corrected chi connectivity index (χ0v) is 11.6. The average molecular weight is 302 g/mol. The van der Waals surface area contributed by atoms with Crippen molar-refractivity contribution in [1.82, 2.24) is 0 Å². The summed E-state index contributed by atoms with van der Waals surface area (Å²) in [6.45, 7) is 0. The van der Waals surface area contributed by atoms with Crippen molar-refractivity contribution in [1.29, 1.82) is 0 Å². The van der Waals surface area contributed by atoms with E-state index in [2.05, 4.69) is 0 Å². The number of aryl methyl sites for hydroxylation is 2. The second-order valence-corrected chi connectivity index (χ2v) is 4.79. The smallest absolute Gasteiger partial charge is 0.274 e. The van der Waals surface area contributed by atoms with Crippen molar-refractivity contribution in [2.75, 3.05) is 11.5 Å². The number of nitrogen functional groups attached to an aromatic ring is 2. The van der Waals surface area contributed by atoms with Crippen LogP contribution in [0.4, 0.5) is 22.7 Å². The van der Waals surface area contributed by atoms with Gasteiger partial charge in [-0.05, 0) is 25.0 Å². The molecule has 22 heavy (non-hydrogen) atoms. The van der Waals surface area contributed by atoms with E-state index < -0.39 is 9.85 Å². The molecular weight excluding hydrogens is 288 g/mol. The van der Waals surface area contributed by atoms with Gasteiger partial charge in [-0.1, -0.05) is 12.1 Å². The molecule has 8 heteroatoms. The lowest BCUT2D eigenvalue weighted by molar-refractivity contribution is -0.386. The van der Waals surface area contributed by atoms with E-state index in [4.69, 9.17) is 11.5 Å². The number of nitrogens with zero attached hydrogens (tertiary/aromatic N) is 2. The van der Waals surface area contributed by atoms with E-state index in [0.717, 1.165) is 0 Å². The Morgan fingerprint density at radius 1 is 0.773 bits per heavy atom. The van der Waals surface area contributed by atoms with Gasteiger partial charge in [-0.25, -0.2) is 0 Å². The predicted octanol–water partition coefficient (Wildman–Crippen LogP) is 2.45. The molecular formula is C14H14N4O4. The molecule has 0 amide bonds. The third kappa shape index (κ3) is 3.29. The summed E-state index contributed by atoms with van der Waals surface area (Å²) in [5, 5.41) is 22.1. The first-order valence-electron chi connectivity index (χ1n) is 6.44. The van der Waals surface area contributed by atoms with Gasteiger partial charge < -0.3 is 11.5 Å². The van der Waals surface area contributed by atoms with Crippen molar-refractivity contribution in [3.8, 4) is 0 Å². The minimum Gasteiger partial charge on any atom is -0.399 e. The van der Waals surface area contributed by atoms with E-state index >= 15 is 0 Å². The van der Waals surface area contributed by atoms with Crippen LogP contribution in [0, 0.1) is 20.2 Å². The third-order valence-corrected chi connectivity index (χ3v) is 3.28. The number of rotatable bonds is 5. The van der Waals surface area contributed by atoms with E-state index in [1.807, 2.05) is 0 Å². The lowest BCUT2D eigenvalue weighted by atomic mass is 10.0. The second-order valence-electron chi connectivity index (χ2n) is 4.79. The first-order valence-corrected chi connectivity index (χ1v) is 6.44. The van der Waals surface area contributed by atoms with Crippen LogP contribution in [0.3, 0.4) is 0 Å². The highest BCUT2D eigenvalue weighted by Gasteiger charge is 2.17. The summed E-state index contributed by atoms with van der Waals surface area (Å²) < 4.78 is 0. The first-order chi connectivity index (χ1) is 10.4. The largest absolute Gasteiger partial charge is 0.399 e. The number of nitrogens with two attached hydrogens (primary N) is 2. The summed E-state index contributed by atoms with van der Waals surface area (Å²) in [5.74, 6) is 0. The topological polar surface area (TPSA) is 138 Å². The van der Waals surface area contributed by atoms with Gasteiger partial charge in [0.2, 0.25) is 0 Å². The molecule has 8 nitrogen and oxygen atoms in total. The van der Waals surface area contributed by atoms with Crippen LogP contribution in [0.15, 0.2) is 36.4 Å². The number of hydrogen-bond donors (Lipinski definition) is 2. The van der Waals surface area contributed by atoms with Gasteiger partial charge in [0.15, 0.2) is 0 Å². The van der Waals surface area contributed by atoms with Gasteiger partial charge in [0.1, 0.15) is 0 Å². The van der Waals surface area contributed by atoms with E-state index in [9.17, 15) is 20.2 Å². The Labute approximate surface area is 125 Å². The number of hydrogen-bond acceptors (Lipinski definition) is 6. The highest BCUT2D eigenvalue weighted by Crippen LogP contribution is 2.26. The summed E-state index contributed by atoms with van der Waals surface area (Å²) >= 11 is 0. The third-order valence-electron chi connectivity index (χ3n) is 3.28. The SMILES string of the molecule is Nc1ccc(CCc2ccc(N)cc2[N+](=O)[O-])c([N+](=O)[O-])c1. The maximum atomic E-state index is 11.0. The number of benzene rings is 2. The molecule has 0 aliphatic rings. The predicted molar refractivity (Wildman–Crippen MR) is 82.4 cm³/mol. The standard InChI is InChI=1S/C14H14N4O4/c15-11-5-3-9(13(7-11)17(19)20)1-2-10-4-6-12(16)8-14(10)18(21)22/h3-8H,1-2,15-16H2. The Bertz CT molecular complexity index is 682. The molecule has 0 radical (unpaired) electrons. The molecule has 0 bridgehead atoms. The zero-order chi connectivity index (χ0) is 16.3. The Morgan fingerprint density at radius 3 is 1.45 bits per heavy atom. The Morgan fingerprint density at radius 2 is 1.14 bits per heavy atom. The van der Waals surface area contributed by atoms with Crippen LogP contribution in [0.2, 0.25) is 0 Å². The monoisotopic (exact) mass is 302 g/mol. The summed E-state index contributed by atoms with van der Waals surface area (Å²) in [7, 11) is 0. The van der Waals surface area contributed by atoms with Crippen molar-refractivity contribution in [3.05, 3.63) is 67.8 Å². The van der Waals surface area contributed by atoms with Gasteiger partial charge in [-0.2, -0.15) is 0 Å². The van der Waals surface area contributed by atoms with Crippen LogP contribution in [-0.2, 0) is 12.8 Å². The van der Waals surface area contributed by atoms with E-state index in [1.54, 1.807) is 24.3 Å². The number of nitro groups is 2. The van der Waals surface area contributed by atoms with Crippen molar-refractivity contribution >= 4 is 22.7 Å². The molecule has 0 aromatic heterocycles. The highest BCUT2D eigenvalue weighted by molar-refractivity contribution is 5.55. The molecule has 0 fully saturated rings. The first kappa shape index (κ1) is 15.2. The van der Waals surface area contributed by atoms with Crippen LogP contribution < -0.4 is 11.5 Å². The minimum atomic E-state index is -0.511. The minimum absolute atomic E-state index is 0.0851. The molecule has 0 saturated carbocycles. The Balaban J connectivity index is 2.28. The lowest BCUT2D eigenvalue weighted by Gasteiger charge is -2.06. The Hall–Kier alpha value is -3.16. The van der Waals surface area contributed by atoms with Crippen LogP contribution >= 0.6 is 0 Å². The molecule has 0 aliphatic carbocycles. The van der Waals surface area contributed by atoms with Crippen LogP contribution in [0.25, 0.3) is 0 Å². The van der Waals surface area contributed by atoms with Crippen molar-refractivity contribution in [3.63, 3.8) is 0 Å². The van der Waals surface area contributed by atoms with Gasteiger partial charge in [0.25, 0.3) is 11.4 Å². The van der Waals surface area contributed by atoms with Crippen LogP contribution in [0.5, 0.6) is 0 Å². The number of nitro benzene ring substituents is 2. The molecule has 0 aliphatic heterocycles. The van der Waals surface area contributed by atoms with E-state index in [-0.39, 0.29) is 11.4 Å². The van der Waals surface area contributed by atoms with E-state index in [1.165, 1.54) is 12.1 Å². The molecule has 2 aromatic carbocycles. The Kier molecular flexibility index (Phi) is 4.21. The van der Waals surface area contributed by atoms with Gasteiger partial charge in [-0.3, -0.25) is 20.2 Å². The van der Waals surface area contributed by atoms with Crippen molar-refractivity contribution in [2.24, 2.45) is 0 Å². The summed E-state index contributed by atoms with van der Waals surface area (Å²) in [6, 6.07) is 8.84. The van der Waals surface area contributed by atoms with Crippen LogP contribution in [0.1, 0.15) is 11.1 Å². The molecule has 2 aromatic rings. The summed E-state index contributed by atoms with van der Waals surface area (Å²) in [5.41, 5.74) is 12.5. The fourth-order valence-corrected chi connectivity index (χ4v) is 2.19. The fourth-order valence-electron chi connectivity index (χ4n) is 2.19. The quantitative estimate of drug-likeness (QED) is 0.494. The van der Waals surface area contributed by atoms with Crippen molar-refractivity contribution in [2.45, 2.75) is 12.8 Å². The fraction of sp³-hybridized carbons (Fsp3) is 0.143. The number of anilines is 2. The zero-order valence-electron chi connectivity index (χ0n) is 11.6. The normalized spacial score (nSPS) is 10.4. The van der Waals surface area contributed by atoms with E-state index in [0.29, 0.717) is 35.3 Å². The lowest BCUT2D eigenvalue weighted by Crippen LogP contribution is -2.02. The molecule has 2 rings (SSSR count). The molecule has 0 spiro atoms. The second kappa shape index (κ2) is 6.08. The van der Waals surface area contributed by atoms with Crippen molar-refractivity contribution < 1.29 is 9.85 Å². The maximum absolute atomic E-state index is 11.0. The van der Waals surface area contributed by atoms with Crippen LogP contribution in [-0.4, -0.2) is 9.85 Å². The molecule has 0 unspecified atom stereocenters. The maximum Gasteiger partial charge on any atom is 0.274 e. The van der Waals surface area contributed by atoms with Gasteiger partial charge in [0.05, 0.1) is 9.85 Å². The molecule has 0 saturated heterocycles. The summed E-state index contributed by atoms with van der Waals surface area (Å²) in [6.07, 6.45) is 0.586. The van der Waals surface area contributed by atoms with Gasteiger partial charge in [-0.15, -0.1) is 0 Å². The average Bonchev–Trinajstić information content (AvgIpc) is 2.46. The van der Waals surface area contributed by atoms with Gasteiger partial charge >= 0.3 is 0 Å².